The van der Waals surface area contributed by atoms with E-state index >= 15 is 0 Å². The monoisotopic (exact) mass is 289 g/mol. The van der Waals surface area contributed by atoms with E-state index in [0.717, 1.165) is 29.7 Å². The Morgan fingerprint density at radius 2 is 1.71 bits per heavy atom. The smallest absolute Gasteiger partial charge is 0.0699 e. The molecule has 5 atom stereocenters. The van der Waals surface area contributed by atoms with Crippen molar-refractivity contribution in [2.75, 3.05) is 6.54 Å². The summed E-state index contributed by atoms with van der Waals surface area (Å²) in [6.45, 7) is 13.3. The van der Waals surface area contributed by atoms with E-state index in [1.165, 1.54) is 45.1 Å². The number of rotatable bonds is 3. The molecule has 120 valence electrons. The van der Waals surface area contributed by atoms with E-state index in [9.17, 15) is 0 Å². The van der Waals surface area contributed by atoms with Crippen LogP contribution < -0.4 is 0 Å². The molecule has 0 bridgehead atoms. The highest BCUT2D eigenvalue weighted by Gasteiger charge is 2.42. The fourth-order valence-corrected chi connectivity index (χ4v) is 5.14. The molecular formula is C19H36BN. The summed E-state index contributed by atoms with van der Waals surface area (Å²) in [6, 6.07) is 1.42. The van der Waals surface area contributed by atoms with E-state index in [0.29, 0.717) is 11.9 Å². The lowest BCUT2D eigenvalue weighted by atomic mass is 9.61. The van der Waals surface area contributed by atoms with Gasteiger partial charge in [0.25, 0.3) is 0 Å². The molecule has 0 spiro atoms. The second-order valence-electron chi connectivity index (χ2n) is 8.53. The van der Waals surface area contributed by atoms with Crippen LogP contribution in [0, 0.1) is 23.7 Å². The maximum absolute atomic E-state index is 6.43. The third-order valence-corrected chi connectivity index (χ3v) is 6.12. The molecule has 2 radical (unpaired) electrons. The second kappa shape index (κ2) is 7.53. The summed E-state index contributed by atoms with van der Waals surface area (Å²) in [5, 5.41) is 0. The highest BCUT2D eigenvalue weighted by Crippen LogP contribution is 2.45. The van der Waals surface area contributed by atoms with Crippen LogP contribution in [0.4, 0.5) is 0 Å². The van der Waals surface area contributed by atoms with Crippen molar-refractivity contribution in [3.63, 3.8) is 0 Å². The molecule has 0 aromatic heterocycles. The molecule has 5 unspecified atom stereocenters. The van der Waals surface area contributed by atoms with Crippen molar-refractivity contribution in [3.8, 4) is 0 Å². The molecule has 0 N–H and O–H groups in total. The predicted octanol–water partition coefficient (Wildman–Crippen LogP) is 4.91. The van der Waals surface area contributed by atoms with Gasteiger partial charge in [-0.05, 0) is 57.3 Å². The van der Waals surface area contributed by atoms with Gasteiger partial charge in [-0.2, -0.15) is 0 Å². The van der Waals surface area contributed by atoms with Crippen LogP contribution in [0.25, 0.3) is 0 Å². The normalized spacial score (nSPS) is 39.1. The average molecular weight is 289 g/mol. The molecule has 2 aliphatic rings. The number of piperidine rings is 1. The van der Waals surface area contributed by atoms with Crippen LogP contribution in [0.2, 0.25) is 5.82 Å². The lowest BCUT2D eigenvalue weighted by Crippen LogP contribution is -2.55. The fourth-order valence-electron chi connectivity index (χ4n) is 5.14. The van der Waals surface area contributed by atoms with Crippen molar-refractivity contribution in [3.05, 3.63) is 0 Å². The summed E-state index contributed by atoms with van der Waals surface area (Å²) >= 11 is 0. The summed E-state index contributed by atoms with van der Waals surface area (Å²) in [5.41, 5.74) is 0. The first-order valence-corrected chi connectivity index (χ1v) is 9.41. The summed E-state index contributed by atoms with van der Waals surface area (Å²) in [4.78, 5) is 2.78. The Labute approximate surface area is 134 Å². The van der Waals surface area contributed by atoms with Gasteiger partial charge in [0, 0.05) is 18.6 Å². The van der Waals surface area contributed by atoms with Gasteiger partial charge in [0.2, 0.25) is 0 Å². The molecule has 0 aromatic carbocycles. The fraction of sp³-hybridized carbons (Fsp3) is 1.00. The number of nitrogens with zero attached hydrogens (tertiary/aromatic N) is 1. The van der Waals surface area contributed by atoms with Gasteiger partial charge in [0.05, 0.1) is 7.85 Å². The van der Waals surface area contributed by atoms with E-state index in [2.05, 4.69) is 39.5 Å². The lowest BCUT2D eigenvalue weighted by molar-refractivity contribution is -0.0249. The minimum Gasteiger partial charge on any atom is -0.298 e. The quantitative estimate of drug-likeness (QED) is 0.667. The highest BCUT2D eigenvalue weighted by atomic mass is 15.2. The van der Waals surface area contributed by atoms with E-state index in [1.54, 1.807) is 0 Å². The minimum absolute atomic E-state index is 0.449. The van der Waals surface area contributed by atoms with Crippen molar-refractivity contribution in [2.45, 2.75) is 91.0 Å². The van der Waals surface area contributed by atoms with Gasteiger partial charge in [-0.15, -0.1) is 0 Å². The standard InChI is InChI=1S/C19H36BN/c1-13(2)10-16-12-21(14(3)4)15(5)18-9-7-6-8-17(20)11-19(16)18/h13-19H,6-12H2,1-5H3. The van der Waals surface area contributed by atoms with E-state index in [1.807, 2.05) is 0 Å². The van der Waals surface area contributed by atoms with Gasteiger partial charge in [-0.1, -0.05) is 45.3 Å². The van der Waals surface area contributed by atoms with Crippen LogP contribution in [0.5, 0.6) is 0 Å². The van der Waals surface area contributed by atoms with E-state index in [-0.39, 0.29) is 0 Å². The van der Waals surface area contributed by atoms with Crippen LogP contribution in [-0.2, 0) is 0 Å². The molecule has 1 aliphatic heterocycles. The zero-order valence-electron chi connectivity index (χ0n) is 15.0. The van der Waals surface area contributed by atoms with Crippen LogP contribution in [-0.4, -0.2) is 31.4 Å². The van der Waals surface area contributed by atoms with Gasteiger partial charge in [-0.3, -0.25) is 4.90 Å². The molecule has 2 heteroatoms. The molecule has 1 nitrogen and oxygen atoms in total. The van der Waals surface area contributed by atoms with Crippen LogP contribution in [0.1, 0.15) is 73.1 Å². The Balaban J connectivity index is 2.20. The zero-order valence-corrected chi connectivity index (χ0v) is 15.0. The predicted molar refractivity (Wildman–Crippen MR) is 93.8 cm³/mol. The van der Waals surface area contributed by atoms with Crippen molar-refractivity contribution in [1.82, 2.24) is 4.90 Å². The Hall–Kier alpha value is 0.0249. The topological polar surface area (TPSA) is 3.24 Å². The molecule has 1 saturated heterocycles. The maximum atomic E-state index is 6.43. The average Bonchev–Trinajstić information content (AvgIpc) is 2.36. The Bertz CT molecular complexity index is 315. The summed E-state index contributed by atoms with van der Waals surface area (Å²) in [7, 11) is 6.43. The lowest BCUT2D eigenvalue weighted by Gasteiger charge is -2.52. The third-order valence-electron chi connectivity index (χ3n) is 6.12. The molecule has 21 heavy (non-hydrogen) atoms. The Morgan fingerprint density at radius 1 is 1.05 bits per heavy atom. The summed E-state index contributed by atoms with van der Waals surface area (Å²) in [5.74, 6) is 3.85. The van der Waals surface area contributed by atoms with Crippen LogP contribution in [0.15, 0.2) is 0 Å². The number of fused-ring (bicyclic) bond motifs is 1. The first-order chi connectivity index (χ1) is 9.90. The van der Waals surface area contributed by atoms with Crippen molar-refractivity contribution in [2.24, 2.45) is 23.7 Å². The first-order valence-electron chi connectivity index (χ1n) is 9.41. The molecule has 0 amide bonds. The van der Waals surface area contributed by atoms with Gasteiger partial charge in [0.15, 0.2) is 0 Å². The summed E-state index contributed by atoms with van der Waals surface area (Å²) < 4.78 is 0. The molecule has 1 heterocycles. The molecule has 0 aromatic rings. The molecule has 2 rings (SSSR count). The largest absolute Gasteiger partial charge is 0.298 e. The van der Waals surface area contributed by atoms with Gasteiger partial charge < -0.3 is 0 Å². The Kier molecular flexibility index (Phi) is 6.23. The minimum atomic E-state index is 0.449. The van der Waals surface area contributed by atoms with E-state index in [4.69, 9.17) is 7.85 Å². The van der Waals surface area contributed by atoms with E-state index < -0.39 is 0 Å². The van der Waals surface area contributed by atoms with Crippen LogP contribution >= 0.6 is 0 Å². The summed E-state index contributed by atoms with van der Waals surface area (Å²) in [6.07, 6.45) is 8.06. The van der Waals surface area contributed by atoms with Crippen molar-refractivity contribution < 1.29 is 0 Å². The molecular weight excluding hydrogens is 253 g/mol. The number of likely N-dealkylation sites (tertiary alicyclic amines) is 1. The van der Waals surface area contributed by atoms with Crippen LogP contribution in [0.3, 0.4) is 0 Å². The molecule has 1 saturated carbocycles. The second-order valence-corrected chi connectivity index (χ2v) is 8.53. The first kappa shape index (κ1) is 17.4. The van der Waals surface area contributed by atoms with Gasteiger partial charge in [-0.25, -0.2) is 0 Å². The van der Waals surface area contributed by atoms with Gasteiger partial charge >= 0.3 is 0 Å². The van der Waals surface area contributed by atoms with Crippen molar-refractivity contribution >= 4 is 7.85 Å². The highest BCUT2D eigenvalue weighted by molar-refractivity contribution is 6.11. The van der Waals surface area contributed by atoms with Crippen molar-refractivity contribution in [1.29, 1.82) is 0 Å². The Morgan fingerprint density at radius 3 is 2.33 bits per heavy atom. The molecule has 2 fully saturated rings. The SMILES string of the molecule is [B]C1CCCCC2C(C1)C(CC(C)C)CN(C(C)C)C2C. The number of hydrogen-bond acceptors (Lipinski definition) is 1. The zero-order chi connectivity index (χ0) is 15.6. The maximum Gasteiger partial charge on any atom is 0.0699 e. The number of hydrogen-bond donors (Lipinski definition) is 0. The van der Waals surface area contributed by atoms with Gasteiger partial charge in [0.1, 0.15) is 0 Å². The third kappa shape index (κ3) is 4.27. The molecule has 1 aliphatic carbocycles.